The molecule has 0 aliphatic rings. The van der Waals surface area contributed by atoms with Crippen molar-refractivity contribution in [2.24, 2.45) is 4.99 Å². The van der Waals surface area contributed by atoms with Gasteiger partial charge in [-0.1, -0.05) is 0 Å². The van der Waals surface area contributed by atoms with Crippen molar-refractivity contribution < 1.29 is 27.5 Å². The molecule has 7 nitrogen and oxygen atoms in total. The smallest absolute Gasteiger partial charge is 0.406 e. The monoisotopic (exact) mass is 464 g/mol. The van der Waals surface area contributed by atoms with Crippen LogP contribution in [-0.2, 0) is 11.3 Å². The molecule has 3 rings (SSSR count). The maximum absolute atomic E-state index is 12.5. The van der Waals surface area contributed by atoms with Gasteiger partial charge in [0.05, 0.1) is 5.69 Å². The Hall–Kier alpha value is -3.47. The molecule has 1 aromatic carbocycles. The molecule has 0 aliphatic heterocycles. The van der Waals surface area contributed by atoms with Crippen molar-refractivity contribution in [2.75, 3.05) is 6.54 Å². The summed E-state index contributed by atoms with van der Waals surface area (Å²) in [5.41, 5.74) is 1.69. The molecular formula is C21H19F3N4O3S. The zero-order valence-electron chi connectivity index (χ0n) is 16.9. The average molecular weight is 464 g/mol. The van der Waals surface area contributed by atoms with E-state index in [1.807, 2.05) is 0 Å². The summed E-state index contributed by atoms with van der Waals surface area (Å²) < 4.78 is 43.0. The molecule has 0 radical (unpaired) electrons. The van der Waals surface area contributed by atoms with Gasteiger partial charge in [0.15, 0.2) is 4.80 Å². The molecule has 3 aromatic rings. The van der Waals surface area contributed by atoms with Crippen LogP contribution in [0.2, 0.25) is 0 Å². The number of nitrogens with one attached hydrogen (secondary N) is 1. The first-order valence-corrected chi connectivity index (χ1v) is 10.4. The SMILES string of the molecule is CC(=O)NCCCn1c(-c2ccc(OC(F)(F)F)cc2)csc1=NC(=O)c1ccncc1. The van der Waals surface area contributed by atoms with E-state index < -0.39 is 12.3 Å². The second-order valence-electron chi connectivity index (χ2n) is 6.62. The summed E-state index contributed by atoms with van der Waals surface area (Å²) in [6.07, 6.45) is -1.22. The van der Waals surface area contributed by atoms with Crippen LogP contribution in [0.1, 0.15) is 23.7 Å². The number of aromatic nitrogens is 2. The van der Waals surface area contributed by atoms with Crippen LogP contribution in [0.25, 0.3) is 11.3 Å². The third-order valence-electron chi connectivity index (χ3n) is 4.24. The highest BCUT2D eigenvalue weighted by Crippen LogP contribution is 2.27. The molecule has 0 saturated carbocycles. The molecule has 11 heteroatoms. The van der Waals surface area contributed by atoms with Crippen molar-refractivity contribution in [1.82, 2.24) is 14.9 Å². The van der Waals surface area contributed by atoms with Crippen LogP contribution < -0.4 is 14.9 Å². The second kappa shape index (κ2) is 10.2. The fourth-order valence-electron chi connectivity index (χ4n) is 2.84. The minimum atomic E-state index is -4.77. The first-order chi connectivity index (χ1) is 15.2. The lowest BCUT2D eigenvalue weighted by Gasteiger charge is -2.11. The van der Waals surface area contributed by atoms with Gasteiger partial charge in [0.1, 0.15) is 5.75 Å². The largest absolute Gasteiger partial charge is 0.573 e. The van der Waals surface area contributed by atoms with Crippen molar-refractivity contribution in [3.63, 3.8) is 0 Å². The van der Waals surface area contributed by atoms with Gasteiger partial charge in [-0.3, -0.25) is 14.6 Å². The predicted molar refractivity (Wildman–Crippen MR) is 112 cm³/mol. The van der Waals surface area contributed by atoms with Gasteiger partial charge in [-0.15, -0.1) is 24.5 Å². The average Bonchev–Trinajstić information content (AvgIpc) is 3.13. The van der Waals surface area contributed by atoms with Crippen molar-refractivity contribution >= 4 is 23.2 Å². The predicted octanol–water partition coefficient (Wildman–Crippen LogP) is 3.78. The molecule has 168 valence electrons. The number of halogens is 3. The first-order valence-electron chi connectivity index (χ1n) is 9.51. The molecule has 0 bridgehead atoms. The van der Waals surface area contributed by atoms with Crippen molar-refractivity contribution in [2.45, 2.75) is 26.3 Å². The summed E-state index contributed by atoms with van der Waals surface area (Å²) in [5, 5.41) is 4.48. The second-order valence-corrected chi connectivity index (χ2v) is 7.45. The quantitative estimate of drug-likeness (QED) is 0.540. The number of amides is 2. The van der Waals surface area contributed by atoms with E-state index in [2.05, 4.69) is 20.0 Å². The van der Waals surface area contributed by atoms with Gasteiger partial charge in [-0.05, 0) is 48.4 Å². The lowest BCUT2D eigenvalue weighted by atomic mass is 10.1. The van der Waals surface area contributed by atoms with E-state index in [4.69, 9.17) is 0 Å². The Kier molecular flexibility index (Phi) is 7.41. The summed E-state index contributed by atoms with van der Waals surface area (Å²) in [6.45, 7) is 2.28. The van der Waals surface area contributed by atoms with Crippen LogP contribution >= 0.6 is 11.3 Å². The highest BCUT2D eigenvalue weighted by atomic mass is 32.1. The summed E-state index contributed by atoms with van der Waals surface area (Å²) >= 11 is 1.23. The molecular weight excluding hydrogens is 445 g/mol. The molecule has 1 N–H and O–H groups in total. The van der Waals surface area contributed by atoms with E-state index in [1.165, 1.54) is 54.9 Å². The molecule has 0 unspecified atom stereocenters. The molecule has 0 spiro atoms. The first kappa shape index (κ1) is 23.2. The minimum absolute atomic E-state index is 0.154. The maximum atomic E-state index is 12.5. The highest BCUT2D eigenvalue weighted by molar-refractivity contribution is 7.07. The number of hydrogen-bond donors (Lipinski definition) is 1. The van der Waals surface area contributed by atoms with Crippen molar-refractivity contribution in [3.05, 3.63) is 64.5 Å². The van der Waals surface area contributed by atoms with E-state index >= 15 is 0 Å². The van der Waals surface area contributed by atoms with Crippen LogP contribution in [0.5, 0.6) is 5.75 Å². The van der Waals surface area contributed by atoms with Gasteiger partial charge in [-0.25, -0.2) is 0 Å². The Morgan fingerprint density at radius 2 is 1.84 bits per heavy atom. The highest BCUT2D eigenvalue weighted by Gasteiger charge is 2.31. The Bertz CT molecular complexity index is 1140. The third-order valence-corrected chi connectivity index (χ3v) is 5.10. The van der Waals surface area contributed by atoms with Gasteiger partial charge in [0.25, 0.3) is 5.91 Å². The van der Waals surface area contributed by atoms with Crippen molar-refractivity contribution in [1.29, 1.82) is 0 Å². The van der Waals surface area contributed by atoms with E-state index in [0.717, 1.165) is 0 Å². The number of carbonyl (C=O) groups is 2. The Labute approximate surface area is 185 Å². The lowest BCUT2D eigenvalue weighted by molar-refractivity contribution is -0.274. The number of hydrogen-bond acceptors (Lipinski definition) is 5. The summed E-state index contributed by atoms with van der Waals surface area (Å²) in [7, 11) is 0. The number of pyridine rings is 1. The van der Waals surface area contributed by atoms with Gasteiger partial charge in [0, 0.05) is 43.4 Å². The molecule has 0 fully saturated rings. The van der Waals surface area contributed by atoms with E-state index in [0.29, 0.717) is 41.1 Å². The summed E-state index contributed by atoms with van der Waals surface area (Å²) in [6, 6.07) is 8.56. The number of carbonyl (C=O) groups excluding carboxylic acids is 2. The van der Waals surface area contributed by atoms with Crippen LogP contribution in [-0.4, -0.2) is 34.3 Å². The molecule has 0 saturated heterocycles. The van der Waals surface area contributed by atoms with Gasteiger partial charge in [-0.2, -0.15) is 4.99 Å². The van der Waals surface area contributed by atoms with Gasteiger partial charge in [0.2, 0.25) is 5.91 Å². The normalized spacial score (nSPS) is 11.9. The summed E-state index contributed by atoms with van der Waals surface area (Å²) in [5.74, 6) is -0.921. The van der Waals surface area contributed by atoms with Gasteiger partial charge >= 0.3 is 6.36 Å². The topological polar surface area (TPSA) is 85.6 Å². The number of nitrogens with zero attached hydrogens (tertiary/aromatic N) is 3. The fourth-order valence-corrected chi connectivity index (χ4v) is 3.77. The molecule has 2 amide bonds. The number of thiazole rings is 1. The van der Waals surface area contributed by atoms with Crippen LogP contribution in [0.3, 0.4) is 0 Å². The van der Waals surface area contributed by atoms with Crippen LogP contribution in [0, 0.1) is 0 Å². The van der Waals surface area contributed by atoms with Crippen LogP contribution in [0.15, 0.2) is 59.2 Å². The summed E-state index contributed by atoms with van der Waals surface area (Å²) in [4.78, 5) is 32.2. The number of ether oxygens (including phenoxy) is 1. The Morgan fingerprint density at radius 3 is 2.47 bits per heavy atom. The number of rotatable bonds is 7. The maximum Gasteiger partial charge on any atom is 0.573 e. The molecule has 0 atom stereocenters. The van der Waals surface area contributed by atoms with Crippen molar-refractivity contribution in [3.8, 4) is 17.0 Å². The minimum Gasteiger partial charge on any atom is -0.406 e. The Morgan fingerprint density at radius 1 is 1.16 bits per heavy atom. The number of alkyl halides is 3. The third kappa shape index (κ3) is 6.51. The van der Waals surface area contributed by atoms with E-state index in [1.54, 1.807) is 22.1 Å². The standard InChI is InChI=1S/C21H19F3N4O3S/c1-14(29)26-9-2-12-28-18(15-3-5-17(6-4-15)31-21(22,23)24)13-32-20(28)27-19(30)16-7-10-25-11-8-16/h3-8,10-11,13H,2,9,12H2,1H3,(H,26,29). The molecule has 0 aliphatic carbocycles. The fraction of sp³-hybridized carbons (Fsp3) is 0.238. The number of benzene rings is 1. The zero-order valence-corrected chi connectivity index (χ0v) is 17.7. The molecule has 2 heterocycles. The zero-order chi connectivity index (χ0) is 23.1. The molecule has 2 aromatic heterocycles. The van der Waals surface area contributed by atoms with E-state index in [-0.39, 0.29) is 11.7 Å². The Balaban J connectivity index is 1.92. The van der Waals surface area contributed by atoms with Crippen LogP contribution in [0.4, 0.5) is 13.2 Å². The lowest BCUT2D eigenvalue weighted by Crippen LogP contribution is -2.24. The van der Waals surface area contributed by atoms with E-state index in [9.17, 15) is 22.8 Å². The van der Waals surface area contributed by atoms with Gasteiger partial charge < -0.3 is 14.6 Å². The molecule has 32 heavy (non-hydrogen) atoms.